The zero-order valence-electron chi connectivity index (χ0n) is 33.8. The van der Waals surface area contributed by atoms with Gasteiger partial charge in [-0.3, -0.25) is 9.69 Å². The van der Waals surface area contributed by atoms with Gasteiger partial charge in [-0.15, -0.1) is 0 Å². The van der Waals surface area contributed by atoms with Crippen LogP contribution in [-0.4, -0.2) is 85.4 Å². The lowest BCUT2D eigenvalue weighted by Crippen LogP contribution is -2.51. The van der Waals surface area contributed by atoms with Gasteiger partial charge in [0.1, 0.15) is 17.7 Å². The summed E-state index contributed by atoms with van der Waals surface area (Å²) in [7, 11) is 3.89. The van der Waals surface area contributed by atoms with Crippen LogP contribution in [0, 0.1) is 46.3 Å². The monoisotopic (exact) mass is 713 g/mol. The quantitative estimate of drug-likeness (QED) is 0.210. The van der Waals surface area contributed by atoms with E-state index in [4.69, 9.17) is 9.47 Å². The molecule has 4 aliphatic carbocycles. The molecule has 1 aliphatic heterocycles. The first-order valence-electron chi connectivity index (χ1n) is 20.5. The van der Waals surface area contributed by atoms with Crippen LogP contribution in [-0.2, 0) is 14.3 Å². The highest BCUT2D eigenvalue weighted by Crippen LogP contribution is 2.67. The predicted molar refractivity (Wildman–Crippen MR) is 203 cm³/mol. The number of hydrogen-bond donors (Lipinski definition) is 2. The van der Waals surface area contributed by atoms with Gasteiger partial charge in [-0.2, -0.15) is 0 Å². The van der Waals surface area contributed by atoms with Crippen molar-refractivity contribution in [2.45, 2.75) is 156 Å². The number of allylic oxidation sites excluding steroid dienone is 1. The first-order valence-corrected chi connectivity index (χ1v) is 20.5. The summed E-state index contributed by atoms with van der Waals surface area (Å²) in [6.07, 6.45) is 15.2. The second-order valence-corrected chi connectivity index (χ2v) is 19.4. The van der Waals surface area contributed by atoms with Crippen LogP contribution in [0.2, 0.25) is 0 Å². The van der Waals surface area contributed by atoms with Crippen molar-refractivity contribution >= 4 is 18.1 Å². The van der Waals surface area contributed by atoms with Gasteiger partial charge in [0, 0.05) is 26.1 Å². The van der Waals surface area contributed by atoms with Gasteiger partial charge in [0.15, 0.2) is 0 Å². The van der Waals surface area contributed by atoms with Crippen LogP contribution in [0.3, 0.4) is 0 Å². The molecule has 4 unspecified atom stereocenters. The number of likely N-dealkylation sites (tertiary alicyclic amines) is 1. The lowest BCUT2D eigenvalue weighted by molar-refractivity contribution is -0.125. The molecular weight excluding hydrogens is 640 g/mol. The van der Waals surface area contributed by atoms with Crippen molar-refractivity contribution in [3.63, 3.8) is 0 Å². The van der Waals surface area contributed by atoms with E-state index in [9.17, 15) is 14.4 Å². The number of ether oxygens (including phenoxy) is 2. The zero-order valence-corrected chi connectivity index (χ0v) is 33.8. The minimum Gasteiger partial charge on any atom is -0.446 e. The molecular formula is C42H72N4O5. The van der Waals surface area contributed by atoms with E-state index in [-0.39, 0.29) is 24.0 Å². The first-order chi connectivity index (χ1) is 23.9. The minimum atomic E-state index is -0.719. The molecule has 5 aliphatic rings. The molecule has 0 spiro atoms. The van der Waals surface area contributed by atoms with E-state index in [1.807, 2.05) is 39.8 Å². The normalized spacial score (nSPS) is 35.4. The van der Waals surface area contributed by atoms with Gasteiger partial charge in [0.05, 0.1) is 6.04 Å². The fraction of sp³-hybridized carbons (Fsp3) is 0.881. The van der Waals surface area contributed by atoms with Gasteiger partial charge in [-0.25, -0.2) is 9.59 Å². The van der Waals surface area contributed by atoms with E-state index in [0.29, 0.717) is 24.9 Å². The maximum Gasteiger partial charge on any atom is 0.411 e. The number of carbonyl (C=O) groups is 3. The van der Waals surface area contributed by atoms with E-state index in [1.54, 1.807) is 0 Å². The van der Waals surface area contributed by atoms with Gasteiger partial charge in [0.2, 0.25) is 5.91 Å². The van der Waals surface area contributed by atoms with Crippen LogP contribution in [0.4, 0.5) is 9.59 Å². The van der Waals surface area contributed by atoms with Crippen molar-refractivity contribution in [2.75, 3.05) is 33.7 Å². The molecule has 0 aromatic carbocycles. The van der Waals surface area contributed by atoms with Crippen LogP contribution in [0.1, 0.15) is 132 Å². The fourth-order valence-corrected chi connectivity index (χ4v) is 11.3. The summed E-state index contributed by atoms with van der Waals surface area (Å²) in [5, 5.41) is 5.95. The summed E-state index contributed by atoms with van der Waals surface area (Å²) in [6.45, 7) is 19.2. The highest BCUT2D eigenvalue weighted by atomic mass is 16.6. The lowest BCUT2D eigenvalue weighted by Gasteiger charge is -2.58. The van der Waals surface area contributed by atoms with E-state index >= 15 is 0 Å². The van der Waals surface area contributed by atoms with E-state index < -0.39 is 29.9 Å². The Morgan fingerprint density at radius 2 is 1.76 bits per heavy atom. The Labute approximate surface area is 309 Å². The lowest BCUT2D eigenvalue weighted by atomic mass is 9.47. The van der Waals surface area contributed by atoms with Crippen LogP contribution >= 0.6 is 0 Å². The number of hydrogen-bond acceptors (Lipinski definition) is 6. The molecule has 4 fully saturated rings. The molecule has 3 saturated carbocycles. The topological polar surface area (TPSA) is 100 Å². The summed E-state index contributed by atoms with van der Waals surface area (Å²) in [4.78, 5) is 43.0. The summed E-state index contributed by atoms with van der Waals surface area (Å²) in [5.41, 5.74) is 1.47. The van der Waals surface area contributed by atoms with Gasteiger partial charge in [-0.05, 0) is 133 Å². The van der Waals surface area contributed by atoms with E-state index in [1.165, 1.54) is 61.8 Å². The zero-order chi connectivity index (χ0) is 37.3. The maximum absolute atomic E-state index is 13.3. The van der Waals surface area contributed by atoms with E-state index in [2.05, 4.69) is 51.3 Å². The highest BCUT2D eigenvalue weighted by Gasteiger charge is 2.59. The molecule has 0 bridgehead atoms. The molecule has 1 saturated heterocycles. The van der Waals surface area contributed by atoms with Crippen molar-refractivity contribution in [3.8, 4) is 0 Å². The molecule has 2 N–H and O–H groups in total. The number of nitrogens with one attached hydrogen (secondary N) is 2. The number of carbonyl (C=O) groups excluding carboxylic acids is 3. The SMILES string of the molecule is CC(C)CCC[C@@H](C)[C@H]1CCC2C3CC=C4CC(OC(=O)N[C@H]5C[C@@H](C(=O)NCCN(C)C)N(C(=O)OC(C)(C)C)C5)CC[C@]4(C)C3CC[C@@]21C. The predicted octanol–water partition coefficient (Wildman–Crippen LogP) is 8.18. The molecule has 51 heavy (non-hydrogen) atoms. The van der Waals surface area contributed by atoms with Crippen LogP contribution in [0.25, 0.3) is 0 Å². The smallest absolute Gasteiger partial charge is 0.411 e. The van der Waals surface area contributed by atoms with Crippen molar-refractivity contribution in [2.24, 2.45) is 46.3 Å². The minimum absolute atomic E-state index is 0.161. The molecule has 9 nitrogen and oxygen atoms in total. The molecule has 3 amide bonds. The standard InChI is InChI=1S/C42H72N4O5/c1-27(2)12-11-13-28(3)33-16-17-34-32-15-14-29-24-31(18-20-41(29,7)35(32)19-21-42(33,34)8)50-38(48)44-30-25-36(37(47)43-22-23-45(9)10)46(26-30)39(49)51-40(4,5)6/h14,27-28,30-36H,11-13,15-26H2,1-10H3,(H,43,47)(H,44,48)/t28-,30+,31?,32?,33-,34?,35?,36+,41+,42-/m1/s1. The third-order valence-electron chi connectivity index (χ3n) is 13.9. The maximum atomic E-state index is 13.3. The molecule has 290 valence electrons. The largest absolute Gasteiger partial charge is 0.446 e. The Morgan fingerprint density at radius 3 is 2.45 bits per heavy atom. The molecule has 0 aromatic rings. The summed E-state index contributed by atoms with van der Waals surface area (Å²) < 4.78 is 11.7. The summed E-state index contributed by atoms with van der Waals surface area (Å²) in [6, 6.07) is -1.12. The molecule has 9 heteroatoms. The van der Waals surface area contributed by atoms with Gasteiger partial charge < -0.3 is 25.0 Å². The van der Waals surface area contributed by atoms with Gasteiger partial charge >= 0.3 is 12.2 Å². The van der Waals surface area contributed by atoms with Gasteiger partial charge in [0.25, 0.3) is 0 Å². The molecule has 0 radical (unpaired) electrons. The fourth-order valence-electron chi connectivity index (χ4n) is 11.3. The van der Waals surface area contributed by atoms with Crippen LogP contribution in [0.5, 0.6) is 0 Å². The van der Waals surface area contributed by atoms with Crippen LogP contribution in [0.15, 0.2) is 11.6 Å². The third kappa shape index (κ3) is 9.09. The molecule has 1 heterocycles. The number of amides is 3. The molecule has 0 aromatic heterocycles. The Morgan fingerprint density at radius 1 is 1.02 bits per heavy atom. The summed E-state index contributed by atoms with van der Waals surface area (Å²) in [5.74, 6) is 4.57. The Bertz CT molecular complexity index is 1280. The summed E-state index contributed by atoms with van der Waals surface area (Å²) >= 11 is 0. The van der Waals surface area contributed by atoms with Crippen LogP contribution < -0.4 is 10.6 Å². The van der Waals surface area contributed by atoms with Crippen molar-refractivity contribution in [1.82, 2.24) is 20.4 Å². The number of nitrogens with zero attached hydrogens (tertiary/aromatic N) is 2. The Hall–Kier alpha value is -2.29. The van der Waals surface area contributed by atoms with Crippen molar-refractivity contribution in [3.05, 3.63) is 11.6 Å². The average molecular weight is 713 g/mol. The van der Waals surface area contributed by atoms with Crippen molar-refractivity contribution in [1.29, 1.82) is 0 Å². The number of alkyl carbamates (subject to hydrolysis) is 1. The van der Waals surface area contributed by atoms with Crippen molar-refractivity contribution < 1.29 is 23.9 Å². The number of fused-ring (bicyclic) bond motifs is 5. The third-order valence-corrected chi connectivity index (χ3v) is 13.9. The molecule has 10 atom stereocenters. The number of likely N-dealkylation sites (N-methyl/N-ethyl adjacent to an activating group) is 1. The average Bonchev–Trinajstić information content (AvgIpc) is 3.61. The van der Waals surface area contributed by atoms with Gasteiger partial charge in [-0.1, -0.05) is 65.5 Å². The second-order valence-electron chi connectivity index (χ2n) is 19.4. The van der Waals surface area contributed by atoms with E-state index in [0.717, 1.165) is 54.8 Å². The molecule has 5 rings (SSSR count). The first kappa shape index (κ1) is 39.9. The second kappa shape index (κ2) is 16.0. The Kier molecular flexibility index (Phi) is 12.5. The number of rotatable bonds is 11. The highest BCUT2D eigenvalue weighted by molar-refractivity contribution is 5.86. The Balaban J connectivity index is 1.17.